The van der Waals surface area contributed by atoms with E-state index < -0.39 is 5.97 Å². The number of hydrogen-bond donors (Lipinski definition) is 0. The maximum atomic E-state index is 6.08. The first-order chi connectivity index (χ1) is 11.2. The van der Waals surface area contributed by atoms with Crippen LogP contribution < -0.4 is 0 Å². The van der Waals surface area contributed by atoms with Crippen LogP contribution in [0.25, 0.3) is 0 Å². The summed E-state index contributed by atoms with van der Waals surface area (Å²) in [5.74, 6) is 0.268. The minimum Gasteiger partial charge on any atom is -0.328 e. The summed E-state index contributed by atoms with van der Waals surface area (Å²) in [6, 6.07) is 0. The van der Waals surface area contributed by atoms with Crippen molar-refractivity contribution < 1.29 is 14.2 Å². The molecule has 0 amide bonds. The normalized spacial score (nSPS) is 17.2. The van der Waals surface area contributed by atoms with Gasteiger partial charge in [-0.05, 0) is 46.0 Å². The lowest BCUT2D eigenvalue weighted by atomic mass is 9.72. The van der Waals surface area contributed by atoms with Gasteiger partial charge in [0.1, 0.15) is 0 Å². The lowest BCUT2D eigenvalue weighted by molar-refractivity contribution is -0.410. The van der Waals surface area contributed by atoms with Gasteiger partial charge in [-0.15, -0.1) is 0 Å². The predicted octanol–water partition coefficient (Wildman–Crippen LogP) is 5.92. The SMILES string of the molecule is CCCCCCCCC(C1CCC1)C(OCC)(OCC)OCC. The molecule has 0 saturated heterocycles. The van der Waals surface area contributed by atoms with Crippen molar-refractivity contribution in [2.45, 2.75) is 97.9 Å². The largest absolute Gasteiger partial charge is 0.328 e. The fourth-order valence-corrected chi connectivity index (χ4v) is 3.74. The standard InChI is InChI=1S/C20H40O3/c1-5-9-10-11-12-13-17-19(18-15-14-16-18)20(21-6-2,22-7-3)23-8-4/h18-19H,5-17H2,1-4H3. The van der Waals surface area contributed by atoms with Crippen LogP contribution in [0.5, 0.6) is 0 Å². The Kier molecular flexibility index (Phi) is 11.2. The van der Waals surface area contributed by atoms with Crippen molar-refractivity contribution in [3.05, 3.63) is 0 Å². The lowest BCUT2D eigenvalue weighted by Crippen LogP contribution is -2.50. The highest BCUT2D eigenvalue weighted by Gasteiger charge is 2.47. The van der Waals surface area contributed by atoms with E-state index in [-0.39, 0.29) is 0 Å². The molecule has 0 bridgehead atoms. The van der Waals surface area contributed by atoms with Crippen molar-refractivity contribution in [1.29, 1.82) is 0 Å². The van der Waals surface area contributed by atoms with Crippen LogP contribution in [0.4, 0.5) is 0 Å². The van der Waals surface area contributed by atoms with E-state index in [2.05, 4.69) is 6.92 Å². The van der Waals surface area contributed by atoms with Crippen LogP contribution in [0.2, 0.25) is 0 Å². The molecule has 0 aliphatic heterocycles. The molecule has 1 atom stereocenters. The van der Waals surface area contributed by atoms with E-state index in [0.717, 1.165) is 6.42 Å². The fraction of sp³-hybridized carbons (Fsp3) is 1.00. The zero-order valence-corrected chi connectivity index (χ0v) is 16.1. The Morgan fingerprint density at radius 3 is 1.74 bits per heavy atom. The molecule has 3 nitrogen and oxygen atoms in total. The van der Waals surface area contributed by atoms with Crippen LogP contribution in [0.15, 0.2) is 0 Å². The molecular formula is C20H40O3. The van der Waals surface area contributed by atoms with E-state index in [0.29, 0.717) is 31.7 Å². The smallest absolute Gasteiger partial charge is 0.286 e. The minimum absolute atomic E-state index is 0.377. The Morgan fingerprint density at radius 1 is 0.783 bits per heavy atom. The minimum atomic E-state index is -0.813. The van der Waals surface area contributed by atoms with Crippen LogP contribution in [0.3, 0.4) is 0 Å². The summed E-state index contributed by atoms with van der Waals surface area (Å²) in [6.07, 6.45) is 13.1. The maximum absolute atomic E-state index is 6.08. The third-order valence-electron chi connectivity index (χ3n) is 5.08. The van der Waals surface area contributed by atoms with Crippen molar-refractivity contribution in [3.8, 4) is 0 Å². The first-order valence-corrected chi connectivity index (χ1v) is 10.2. The zero-order valence-electron chi connectivity index (χ0n) is 16.1. The molecular weight excluding hydrogens is 288 g/mol. The second-order valence-corrected chi connectivity index (χ2v) is 6.76. The van der Waals surface area contributed by atoms with Crippen molar-refractivity contribution >= 4 is 0 Å². The highest BCUT2D eigenvalue weighted by molar-refractivity contribution is 4.84. The molecule has 0 spiro atoms. The Labute approximate surface area is 144 Å². The van der Waals surface area contributed by atoms with E-state index in [1.807, 2.05) is 20.8 Å². The van der Waals surface area contributed by atoms with Crippen molar-refractivity contribution in [2.75, 3.05) is 19.8 Å². The van der Waals surface area contributed by atoms with Gasteiger partial charge in [0, 0.05) is 25.7 Å². The average Bonchev–Trinajstić information content (AvgIpc) is 2.48. The van der Waals surface area contributed by atoms with Crippen molar-refractivity contribution in [2.24, 2.45) is 11.8 Å². The van der Waals surface area contributed by atoms with Gasteiger partial charge in [0.25, 0.3) is 5.97 Å². The molecule has 1 aliphatic carbocycles. The summed E-state index contributed by atoms with van der Waals surface area (Å²) in [5, 5.41) is 0. The second kappa shape index (κ2) is 12.3. The second-order valence-electron chi connectivity index (χ2n) is 6.76. The van der Waals surface area contributed by atoms with Gasteiger partial charge in [-0.25, -0.2) is 0 Å². The molecule has 1 saturated carbocycles. The topological polar surface area (TPSA) is 27.7 Å². The highest BCUT2D eigenvalue weighted by Crippen LogP contribution is 2.44. The molecule has 0 heterocycles. The van der Waals surface area contributed by atoms with Crippen LogP contribution >= 0.6 is 0 Å². The van der Waals surface area contributed by atoms with E-state index in [1.165, 1.54) is 57.8 Å². The molecule has 3 heteroatoms. The molecule has 0 aromatic heterocycles. The summed E-state index contributed by atoms with van der Waals surface area (Å²) in [7, 11) is 0. The molecule has 1 fully saturated rings. The van der Waals surface area contributed by atoms with Gasteiger partial charge in [0.05, 0.1) is 0 Å². The van der Waals surface area contributed by atoms with Gasteiger partial charge in [-0.2, -0.15) is 0 Å². The van der Waals surface area contributed by atoms with E-state index >= 15 is 0 Å². The molecule has 1 unspecified atom stereocenters. The lowest BCUT2D eigenvalue weighted by Gasteiger charge is -2.45. The van der Waals surface area contributed by atoms with Crippen molar-refractivity contribution in [1.82, 2.24) is 0 Å². The average molecular weight is 329 g/mol. The predicted molar refractivity (Wildman–Crippen MR) is 96.4 cm³/mol. The molecule has 0 aromatic carbocycles. The zero-order chi connectivity index (χ0) is 17.0. The number of unbranched alkanes of at least 4 members (excludes halogenated alkanes) is 5. The number of hydrogen-bond acceptors (Lipinski definition) is 3. The fourth-order valence-electron chi connectivity index (χ4n) is 3.74. The number of ether oxygens (including phenoxy) is 3. The number of rotatable bonds is 15. The summed E-state index contributed by atoms with van der Waals surface area (Å²) >= 11 is 0. The van der Waals surface area contributed by atoms with Gasteiger partial charge in [-0.3, -0.25) is 0 Å². The third-order valence-corrected chi connectivity index (χ3v) is 5.08. The quantitative estimate of drug-likeness (QED) is 0.276. The molecule has 138 valence electrons. The van der Waals surface area contributed by atoms with Crippen LogP contribution in [-0.2, 0) is 14.2 Å². The summed E-state index contributed by atoms with van der Waals surface area (Å²) in [5.41, 5.74) is 0. The third kappa shape index (κ3) is 6.72. The van der Waals surface area contributed by atoms with Crippen LogP contribution in [-0.4, -0.2) is 25.8 Å². The van der Waals surface area contributed by atoms with E-state index in [1.54, 1.807) is 0 Å². The molecule has 23 heavy (non-hydrogen) atoms. The van der Waals surface area contributed by atoms with Gasteiger partial charge in [-0.1, -0.05) is 51.9 Å². The van der Waals surface area contributed by atoms with Gasteiger partial charge < -0.3 is 14.2 Å². The Bertz CT molecular complexity index is 259. The van der Waals surface area contributed by atoms with Gasteiger partial charge in [0.15, 0.2) is 0 Å². The summed E-state index contributed by atoms with van der Waals surface area (Å²) in [4.78, 5) is 0. The first-order valence-electron chi connectivity index (χ1n) is 10.2. The van der Waals surface area contributed by atoms with E-state index in [9.17, 15) is 0 Å². The highest BCUT2D eigenvalue weighted by atomic mass is 16.9. The Balaban J connectivity index is 2.63. The monoisotopic (exact) mass is 328 g/mol. The van der Waals surface area contributed by atoms with Gasteiger partial charge >= 0.3 is 0 Å². The molecule has 0 N–H and O–H groups in total. The molecule has 0 aromatic rings. The van der Waals surface area contributed by atoms with Crippen LogP contribution in [0, 0.1) is 11.8 Å². The Morgan fingerprint density at radius 2 is 1.30 bits per heavy atom. The Hall–Kier alpha value is -0.120. The molecule has 1 rings (SSSR count). The molecule has 1 aliphatic rings. The summed E-state index contributed by atoms with van der Waals surface area (Å²) in [6.45, 7) is 10.3. The maximum Gasteiger partial charge on any atom is 0.286 e. The summed E-state index contributed by atoms with van der Waals surface area (Å²) < 4.78 is 18.2. The first kappa shape index (κ1) is 20.9. The molecule has 0 radical (unpaired) electrons. The van der Waals surface area contributed by atoms with E-state index in [4.69, 9.17) is 14.2 Å². The van der Waals surface area contributed by atoms with Crippen molar-refractivity contribution in [3.63, 3.8) is 0 Å². The van der Waals surface area contributed by atoms with Crippen LogP contribution in [0.1, 0.15) is 91.9 Å². The van der Waals surface area contributed by atoms with Gasteiger partial charge in [0.2, 0.25) is 0 Å².